The van der Waals surface area contributed by atoms with Crippen molar-refractivity contribution in [2.24, 2.45) is 17.8 Å². The third-order valence-corrected chi connectivity index (χ3v) is 2.85. The van der Waals surface area contributed by atoms with Gasteiger partial charge < -0.3 is 9.84 Å². The molecular weight excluding hydrogens is 144 g/mol. The fraction of sp³-hybridized carbons (Fsp3) is 0.875. The Hall–Kier alpha value is -0.570. The van der Waals surface area contributed by atoms with Crippen LogP contribution in [-0.2, 0) is 9.53 Å². The molecule has 0 unspecified atom stereocenters. The molecular formula is C8H12O3. The van der Waals surface area contributed by atoms with E-state index in [1.54, 1.807) is 0 Å². The Labute approximate surface area is 65.4 Å². The monoisotopic (exact) mass is 156 g/mol. The normalized spacial score (nSPS) is 37.5. The highest BCUT2D eigenvalue weighted by atomic mass is 16.5. The first-order valence-electron chi connectivity index (χ1n) is 4.08. The highest BCUT2D eigenvalue weighted by Gasteiger charge is 2.40. The van der Waals surface area contributed by atoms with E-state index in [1.165, 1.54) is 0 Å². The Morgan fingerprint density at radius 3 is 2.27 bits per heavy atom. The summed E-state index contributed by atoms with van der Waals surface area (Å²) in [4.78, 5) is 10.6. The minimum absolute atomic E-state index is 0.0890. The van der Waals surface area contributed by atoms with Crippen LogP contribution in [0.3, 0.4) is 0 Å². The minimum atomic E-state index is -0.626. The number of hydrogen-bond donors (Lipinski definition) is 1. The van der Waals surface area contributed by atoms with Gasteiger partial charge in [0.15, 0.2) is 0 Å². The van der Waals surface area contributed by atoms with Crippen molar-refractivity contribution < 1.29 is 14.6 Å². The standard InChI is InChI=1S/C8H12O3/c9-8(10)5-1-6-3-11-4-7(6)2-5/h5-7H,1-4H2,(H,9,10)/t6-,7-/m0/s1. The lowest BCUT2D eigenvalue weighted by atomic mass is 10.0. The number of carboxylic acids is 1. The van der Waals surface area contributed by atoms with Gasteiger partial charge in [-0.15, -0.1) is 0 Å². The van der Waals surface area contributed by atoms with Crippen molar-refractivity contribution in [1.29, 1.82) is 0 Å². The van der Waals surface area contributed by atoms with E-state index in [1.807, 2.05) is 0 Å². The van der Waals surface area contributed by atoms with E-state index in [4.69, 9.17) is 9.84 Å². The minimum Gasteiger partial charge on any atom is -0.481 e. The van der Waals surface area contributed by atoms with Crippen molar-refractivity contribution in [3.05, 3.63) is 0 Å². The van der Waals surface area contributed by atoms with E-state index in [2.05, 4.69) is 0 Å². The first-order valence-corrected chi connectivity index (χ1v) is 4.08. The average molecular weight is 156 g/mol. The van der Waals surface area contributed by atoms with Gasteiger partial charge in [0.2, 0.25) is 0 Å². The zero-order valence-corrected chi connectivity index (χ0v) is 6.32. The Balaban J connectivity index is 1.99. The fourth-order valence-electron chi connectivity index (χ4n) is 2.19. The van der Waals surface area contributed by atoms with Gasteiger partial charge in [0.25, 0.3) is 0 Å². The molecule has 0 aromatic carbocycles. The molecule has 0 bridgehead atoms. The lowest BCUT2D eigenvalue weighted by Crippen LogP contribution is -2.11. The van der Waals surface area contributed by atoms with Crippen LogP contribution in [0.15, 0.2) is 0 Å². The second-order valence-corrected chi connectivity index (χ2v) is 3.56. The van der Waals surface area contributed by atoms with E-state index < -0.39 is 5.97 Å². The first kappa shape index (κ1) is 7.10. The molecule has 0 radical (unpaired) electrons. The number of fused-ring (bicyclic) bond motifs is 1. The fourth-order valence-corrected chi connectivity index (χ4v) is 2.19. The number of aliphatic carboxylic acids is 1. The zero-order chi connectivity index (χ0) is 7.84. The van der Waals surface area contributed by atoms with Gasteiger partial charge in [0.1, 0.15) is 0 Å². The molecule has 3 nitrogen and oxygen atoms in total. The molecule has 0 aromatic heterocycles. The smallest absolute Gasteiger partial charge is 0.306 e. The van der Waals surface area contributed by atoms with Crippen molar-refractivity contribution in [2.75, 3.05) is 13.2 Å². The summed E-state index contributed by atoms with van der Waals surface area (Å²) in [6.07, 6.45) is 1.67. The largest absolute Gasteiger partial charge is 0.481 e. The molecule has 1 saturated heterocycles. The lowest BCUT2D eigenvalue weighted by Gasteiger charge is -2.03. The molecule has 0 amide bonds. The number of rotatable bonds is 1. The molecule has 2 atom stereocenters. The molecule has 1 aliphatic carbocycles. The molecule has 1 heterocycles. The molecule has 11 heavy (non-hydrogen) atoms. The second kappa shape index (κ2) is 2.48. The van der Waals surface area contributed by atoms with Crippen LogP contribution in [0.1, 0.15) is 12.8 Å². The Kier molecular flexibility index (Phi) is 1.60. The van der Waals surface area contributed by atoms with E-state index in [0.717, 1.165) is 26.1 Å². The van der Waals surface area contributed by atoms with E-state index in [0.29, 0.717) is 11.8 Å². The van der Waals surface area contributed by atoms with Crippen molar-refractivity contribution in [3.63, 3.8) is 0 Å². The Morgan fingerprint density at radius 1 is 1.27 bits per heavy atom. The average Bonchev–Trinajstić information content (AvgIpc) is 2.40. The molecule has 2 aliphatic rings. The SMILES string of the molecule is O=C(O)C1C[C@H]2COC[C@@H]2C1. The van der Waals surface area contributed by atoms with E-state index in [9.17, 15) is 4.79 Å². The maximum Gasteiger partial charge on any atom is 0.306 e. The van der Waals surface area contributed by atoms with E-state index >= 15 is 0 Å². The number of ether oxygens (including phenoxy) is 1. The van der Waals surface area contributed by atoms with Crippen molar-refractivity contribution >= 4 is 5.97 Å². The summed E-state index contributed by atoms with van der Waals surface area (Å²) in [6.45, 7) is 1.57. The van der Waals surface area contributed by atoms with Gasteiger partial charge in [-0.05, 0) is 24.7 Å². The lowest BCUT2D eigenvalue weighted by molar-refractivity contribution is -0.141. The molecule has 1 saturated carbocycles. The summed E-state index contributed by atoms with van der Waals surface area (Å²) in [5, 5.41) is 8.73. The molecule has 62 valence electrons. The maximum atomic E-state index is 10.6. The van der Waals surface area contributed by atoms with Crippen LogP contribution < -0.4 is 0 Å². The van der Waals surface area contributed by atoms with Crippen LogP contribution >= 0.6 is 0 Å². The van der Waals surface area contributed by atoms with Gasteiger partial charge in [-0.3, -0.25) is 4.79 Å². The maximum absolute atomic E-state index is 10.6. The summed E-state index contributed by atoms with van der Waals surface area (Å²) in [5.74, 6) is 0.362. The summed E-state index contributed by atoms with van der Waals surface area (Å²) in [7, 11) is 0. The zero-order valence-electron chi connectivity index (χ0n) is 6.32. The summed E-state index contributed by atoms with van der Waals surface area (Å²) in [5.41, 5.74) is 0. The summed E-state index contributed by atoms with van der Waals surface area (Å²) < 4.78 is 5.25. The number of carbonyl (C=O) groups is 1. The molecule has 2 fully saturated rings. The molecule has 3 heteroatoms. The van der Waals surface area contributed by atoms with Gasteiger partial charge >= 0.3 is 5.97 Å². The van der Waals surface area contributed by atoms with Crippen LogP contribution in [0.2, 0.25) is 0 Å². The van der Waals surface area contributed by atoms with Gasteiger partial charge in [-0.25, -0.2) is 0 Å². The molecule has 2 rings (SSSR count). The third-order valence-electron chi connectivity index (χ3n) is 2.85. The number of carboxylic acid groups (broad SMARTS) is 1. The molecule has 1 N–H and O–H groups in total. The third kappa shape index (κ3) is 1.13. The van der Waals surface area contributed by atoms with Crippen molar-refractivity contribution in [3.8, 4) is 0 Å². The van der Waals surface area contributed by atoms with Crippen molar-refractivity contribution in [2.45, 2.75) is 12.8 Å². The van der Waals surface area contributed by atoms with Gasteiger partial charge in [0.05, 0.1) is 5.92 Å². The van der Waals surface area contributed by atoms with Crippen LogP contribution in [-0.4, -0.2) is 24.3 Å². The summed E-state index contributed by atoms with van der Waals surface area (Å²) >= 11 is 0. The van der Waals surface area contributed by atoms with Crippen molar-refractivity contribution in [1.82, 2.24) is 0 Å². The Bertz CT molecular complexity index is 166. The highest BCUT2D eigenvalue weighted by molar-refractivity contribution is 5.70. The Morgan fingerprint density at radius 2 is 1.82 bits per heavy atom. The topological polar surface area (TPSA) is 46.5 Å². The predicted octanol–water partition coefficient (Wildman–Crippen LogP) is 0.744. The highest BCUT2D eigenvalue weighted by Crippen LogP contribution is 2.40. The molecule has 0 spiro atoms. The van der Waals surface area contributed by atoms with E-state index in [-0.39, 0.29) is 5.92 Å². The van der Waals surface area contributed by atoms with Crippen LogP contribution in [0, 0.1) is 17.8 Å². The predicted molar refractivity (Wildman–Crippen MR) is 38.2 cm³/mol. The summed E-state index contributed by atoms with van der Waals surface area (Å²) in [6, 6.07) is 0. The van der Waals surface area contributed by atoms with Crippen LogP contribution in [0.4, 0.5) is 0 Å². The number of hydrogen-bond acceptors (Lipinski definition) is 2. The van der Waals surface area contributed by atoms with Gasteiger partial charge in [-0.1, -0.05) is 0 Å². The van der Waals surface area contributed by atoms with Crippen LogP contribution in [0.25, 0.3) is 0 Å². The molecule has 1 aliphatic heterocycles. The quantitative estimate of drug-likeness (QED) is 0.609. The van der Waals surface area contributed by atoms with Gasteiger partial charge in [0, 0.05) is 13.2 Å². The second-order valence-electron chi connectivity index (χ2n) is 3.56. The van der Waals surface area contributed by atoms with Crippen LogP contribution in [0.5, 0.6) is 0 Å². The molecule has 0 aromatic rings. The first-order chi connectivity index (χ1) is 5.27. The van der Waals surface area contributed by atoms with Gasteiger partial charge in [-0.2, -0.15) is 0 Å².